The number of ether oxygens (including phenoxy) is 2. The van der Waals surface area contributed by atoms with Crippen molar-refractivity contribution in [1.29, 1.82) is 0 Å². The number of hydrogen-bond acceptors (Lipinski definition) is 3. The van der Waals surface area contributed by atoms with Crippen LogP contribution in [0.1, 0.15) is 37.7 Å². The fourth-order valence-electron chi connectivity index (χ4n) is 4.48. The molecule has 2 saturated heterocycles. The molecule has 1 aromatic carbocycles. The second-order valence-electron chi connectivity index (χ2n) is 7.00. The van der Waals surface area contributed by atoms with Gasteiger partial charge in [-0.3, -0.25) is 4.90 Å². The number of likely N-dealkylation sites (tertiary alicyclic amines) is 1. The van der Waals surface area contributed by atoms with Gasteiger partial charge in [0.1, 0.15) is 0 Å². The van der Waals surface area contributed by atoms with E-state index in [1.54, 1.807) is 0 Å². The predicted octanol–water partition coefficient (Wildman–Crippen LogP) is 3.75. The zero-order chi connectivity index (χ0) is 15.0. The van der Waals surface area contributed by atoms with Gasteiger partial charge in [0.25, 0.3) is 0 Å². The van der Waals surface area contributed by atoms with E-state index in [1.165, 1.54) is 31.4 Å². The summed E-state index contributed by atoms with van der Waals surface area (Å²) in [4.78, 5) is 2.74. The van der Waals surface area contributed by atoms with E-state index in [1.807, 2.05) is 0 Å². The minimum Gasteiger partial charge on any atom is -0.348 e. The van der Waals surface area contributed by atoms with Crippen LogP contribution in [0.5, 0.6) is 0 Å². The van der Waals surface area contributed by atoms with Crippen LogP contribution in [0.15, 0.2) is 30.3 Å². The lowest BCUT2D eigenvalue weighted by molar-refractivity contribution is -0.192. The highest BCUT2D eigenvalue weighted by Crippen LogP contribution is 2.49. The Morgan fingerprint density at radius 3 is 2.41 bits per heavy atom. The van der Waals surface area contributed by atoms with Crippen LogP contribution in [0.3, 0.4) is 0 Å². The fraction of sp³-hybridized carbons (Fsp3) is 0.667. The van der Waals surface area contributed by atoms with Crippen LogP contribution >= 0.6 is 22.6 Å². The maximum absolute atomic E-state index is 5.92. The minimum absolute atomic E-state index is 0.243. The van der Waals surface area contributed by atoms with Crippen molar-refractivity contribution in [2.75, 3.05) is 19.8 Å². The largest absolute Gasteiger partial charge is 0.348 e. The molecule has 0 unspecified atom stereocenters. The molecule has 3 nitrogen and oxygen atoms in total. The molecule has 0 N–H and O–H groups in total. The highest BCUT2D eigenvalue weighted by Gasteiger charge is 2.51. The molecule has 2 aliphatic heterocycles. The highest BCUT2D eigenvalue weighted by molar-refractivity contribution is 14.1. The summed E-state index contributed by atoms with van der Waals surface area (Å²) in [7, 11) is 0. The molecule has 1 atom stereocenters. The van der Waals surface area contributed by atoms with Crippen LogP contribution in [0, 0.1) is 0 Å². The Morgan fingerprint density at radius 1 is 1.05 bits per heavy atom. The maximum Gasteiger partial charge on any atom is 0.168 e. The van der Waals surface area contributed by atoms with Gasteiger partial charge < -0.3 is 9.47 Å². The summed E-state index contributed by atoms with van der Waals surface area (Å²) < 4.78 is 12.6. The van der Waals surface area contributed by atoms with E-state index >= 15 is 0 Å². The average Bonchev–Trinajstić information content (AvgIpc) is 3.10. The van der Waals surface area contributed by atoms with Gasteiger partial charge in [-0.15, -0.1) is 0 Å². The van der Waals surface area contributed by atoms with Crippen molar-refractivity contribution in [3.8, 4) is 0 Å². The van der Waals surface area contributed by atoms with Gasteiger partial charge in [0.15, 0.2) is 5.79 Å². The third-order valence-electron chi connectivity index (χ3n) is 5.66. The van der Waals surface area contributed by atoms with E-state index in [-0.39, 0.29) is 5.79 Å². The SMILES string of the molecule is I[C@H]1CN(Cc2ccccc2)C2(CCC3(CC2)OCCO3)C1. The molecule has 1 aliphatic carbocycles. The molecular formula is C18H24INO2. The quantitative estimate of drug-likeness (QED) is 0.545. The lowest BCUT2D eigenvalue weighted by Gasteiger charge is -2.46. The highest BCUT2D eigenvalue weighted by atomic mass is 127. The Morgan fingerprint density at radius 2 is 1.73 bits per heavy atom. The average molecular weight is 413 g/mol. The van der Waals surface area contributed by atoms with Gasteiger partial charge in [0.2, 0.25) is 0 Å². The number of rotatable bonds is 2. The van der Waals surface area contributed by atoms with Crippen molar-refractivity contribution >= 4 is 22.6 Å². The van der Waals surface area contributed by atoms with E-state index in [4.69, 9.17) is 9.47 Å². The summed E-state index contributed by atoms with van der Waals surface area (Å²) in [5.41, 5.74) is 1.79. The summed E-state index contributed by atoms with van der Waals surface area (Å²) in [6.45, 7) is 3.84. The van der Waals surface area contributed by atoms with Gasteiger partial charge in [-0.1, -0.05) is 52.9 Å². The molecule has 0 radical (unpaired) electrons. The normalized spacial score (nSPS) is 30.3. The topological polar surface area (TPSA) is 21.7 Å². The lowest BCUT2D eigenvalue weighted by Crippen LogP contribution is -2.50. The van der Waals surface area contributed by atoms with E-state index in [2.05, 4.69) is 57.8 Å². The first kappa shape index (κ1) is 15.4. The van der Waals surface area contributed by atoms with Crippen molar-refractivity contribution in [3.63, 3.8) is 0 Å². The Balaban J connectivity index is 1.49. The molecule has 0 amide bonds. The zero-order valence-corrected chi connectivity index (χ0v) is 15.1. The van der Waals surface area contributed by atoms with Crippen molar-refractivity contribution in [3.05, 3.63) is 35.9 Å². The lowest BCUT2D eigenvalue weighted by atomic mass is 9.77. The predicted molar refractivity (Wildman–Crippen MR) is 95.1 cm³/mol. The summed E-state index contributed by atoms with van der Waals surface area (Å²) in [5.74, 6) is -0.243. The molecule has 22 heavy (non-hydrogen) atoms. The van der Waals surface area contributed by atoms with Gasteiger partial charge in [-0.2, -0.15) is 0 Å². The molecule has 3 aliphatic rings. The third kappa shape index (κ3) is 2.83. The molecule has 4 rings (SSSR count). The number of benzene rings is 1. The fourth-order valence-corrected chi connectivity index (χ4v) is 5.77. The second-order valence-corrected chi connectivity index (χ2v) is 8.76. The van der Waals surface area contributed by atoms with Gasteiger partial charge >= 0.3 is 0 Å². The van der Waals surface area contributed by atoms with Crippen LogP contribution < -0.4 is 0 Å². The first-order valence-corrected chi connectivity index (χ1v) is 9.65. The number of hydrogen-bond donors (Lipinski definition) is 0. The Kier molecular flexibility index (Phi) is 4.22. The van der Waals surface area contributed by atoms with Crippen molar-refractivity contribution in [1.82, 2.24) is 4.90 Å². The Labute approximate surface area is 146 Å². The first-order valence-electron chi connectivity index (χ1n) is 8.41. The van der Waals surface area contributed by atoms with Gasteiger partial charge in [0, 0.05) is 35.4 Å². The van der Waals surface area contributed by atoms with Crippen LogP contribution in [0.2, 0.25) is 0 Å². The Hall–Kier alpha value is -0.170. The number of alkyl halides is 1. The van der Waals surface area contributed by atoms with Crippen LogP contribution in [0.4, 0.5) is 0 Å². The molecular weight excluding hydrogens is 389 g/mol. The second kappa shape index (κ2) is 6.04. The smallest absolute Gasteiger partial charge is 0.168 e. The maximum atomic E-state index is 5.92. The molecule has 3 fully saturated rings. The van der Waals surface area contributed by atoms with Gasteiger partial charge in [-0.25, -0.2) is 0 Å². The van der Waals surface area contributed by atoms with Crippen molar-refractivity contribution in [2.45, 2.75) is 53.9 Å². The van der Waals surface area contributed by atoms with E-state index < -0.39 is 0 Å². The summed E-state index contributed by atoms with van der Waals surface area (Å²) in [6.07, 6.45) is 5.85. The monoisotopic (exact) mass is 413 g/mol. The molecule has 4 heteroatoms. The van der Waals surface area contributed by atoms with Gasteiger partial charge in [-0.05, 0) is 24.8 Å². The molecule has 0 aromatic heterocycles. The van der Waals surface area contributed by atoms with Crippen molar-refractivity contribution < 1.29 is 9.47 Å². The molecule has 1 aromatic rings. The third-order valence-corrected chi connectivity index (χ3v) is 6.50. The van der Waals surface area contributed by atoms with Crippen LogP contribution in [0.25, 0.3) is 0 Å². The molecule has 0 bridgehead atoms. The molecule has 1 saturated carbocycles. The van der Waals surface area contributed by atoms with Gasteiger partial charge in [0.05, 0.1) is 13.2 Å². The zero-order valence-electron chi connectivity index (χ0n) is 13.0. The van der Waals surface area contributed by atoms with Crippen LogP contribution in [-0.4, -0.2) is 39.9 Å². The van der Waals surface area contributed by atoms with E-state index in [0.717, 1.165) is 36.5 Å². The van der Waals surface area contributed by atoms with Crippen molar-refractivity contribution in [2.24, 2.45) is 0 Å². The Bertz CT molecular complexity index is 505. The summed E-state index contributed by atoms with van der Waals surface area (Å²) in [5, 5.41) is 0. The van der Waals surface area contributed by atoms with E-state index in [9.17, 15) is 0 Å². The molecule has 2 heterocycles. The summed E-state index contributed by atoms with van der Waals surface area (Å²) in [6, 6.07) is 10.9. The number of nitrogens with zero attached hydrogens (tertiary/aromatic N) is 1. The van der Waals surface area contributed by atoms with Crippen LogP contribution in [-0.2, 0) is 16.0 Å². The summed E-state index contributed by atoms with van der Waals surface area (Å²) >= 11 is 2.64. The number of halogens is 1. The molecule has 2 spiro atoms. The standard InChI is InChI=1S/C18H24INO2/c19-16-12-17(6-8-18(9-7-17)21-10-11-22-18)20(14-16)13-15-4-2-1-3-5-15/h1-5,16H,6-14H2/t16-/m1/s1. The molecule has 120 valence electrons. The minimum atomic E-state index is -0.243. The van der Waals surface area contributed by atoms with E-state index in [0.29, 0.717) is 5.54 Å². The first-order chi connectivity index (χ1) is 10.7.